The lowest BCUT2D eigenvalue weighted by molar-refractivity contribution is 0.0576. The molecule has 21 heavy (non-hydrogen) atoms. The molecule has 1 aliphatic heterocycles. The summed E-state index contributed by atoms with van der Waals surface area (Å²) in [6.45, 7) is 6.39. The second-order valence-electron chi connectivity index (χ2n) is 5.19. The van der Waals surface area contributed by atoms with Crippen molar-refractivity contribution in [2.24, 2.45) is 5.92 Å². The first-order valence-electron chi connectivity index (χ1n) is 7.04. The van der Waals surface area contributed by atoms with Crippen LogP contribution in [0.2, 0.25) is 10.0 Å². The Morgan fingerprint density at radius 1 is 1.38 bits per heavy atom. The van der Waals surface area contributed by atoms with Gasteiger partial charge in [-0.2, -0.15) is 0 Å². The zero-order valence-electron chi connectivity index (χ0n) is 11.9. The van der Waals surface area contributed by atoms with Gasteiger partial charge in [0, 0.05) is 24.7 Å². The van der Waals surface area contributed by atoms with Crippen molar-refractivity contribution < 1.29 is 9.53 Å². The van der Waals surface area contributed by atoms with Crippen LogP contribution in [0.15, 0.2) is 30.9 Å². The Hall–Kier alpha value is -1.03. The molecule has 0 unspecified atom stereocenters. The third-order valence-electron chi connectivity index (χ3n) is 3.65. The fraction of sp³-hybridized carbons (Fsp3) is 0.438. The summed E-state index contributed by atoms with van der Waals surface area (Å²) in [4.78, 5) is 14.3. The smallest absolute Gasteiger partial charge is 0.255 e. The number of hydrogen-bond donors (Lipinski definition) is 0. The third kappa shape index (κ3) is 4.47. The number of likely N-dealkylation sites (tertiary alicyclic amines) is 1. The van der Waals surface area contributed by atoms with Crippen molar-refractivity contribution in [3.8, 4) is 0 Å². The van der Waals surface area contributed by atoms with Crippen LogP contribution in [0.3, 0.4) is 0 Å². The summed E-state index contributed by atoms with van der Waals surface area (Å²) in [5.41, 5.74) is 0.477. The van der Waals surface area contributed by atoms with E-state index in [2.05, 4.69) is 6.58 Å². The van der Waals surface area contributed by atoms with Gasteiger partial charge in [0.05, 0.1) is 17.2 Å². The molecule has 0 N–H and O–H groups in total. The molecule has 0 spiro atoms. The highest BCUT2D eigenvalue weighted by Gasteiger charge is 2.25. The number of benzene rings is 1. The molecule has 1 fully saturated rings. The quantitative estimate of drug-likeness (QED) is 0.603. The van der Waals surface area contributed by atoms with E-state index in [0.717, 1.165) is 32.5 Å². The Morgan fingerprint density at radius 3 is 2.76 bits per heavy atom. The summed E-state index contributed by atoms with van der Waals surface area (Å²) in [5, 5.41) is 0.969. The molecule has 0 atom stereocenters. The van der Waals surface area contributed by atoms with E-state index in [-0.39, 0.29) is 5.91 Å². The largest absolute Gasteiger partial charge is 0.377 e. The molecule has 1 aromatic rings. The molecule has 1 saturated heterocycles. The Bertz CT molecular complexity index is 511. The number of ether oxygens (including phenoxy) is 1. The third-order valence-corrected chi connectivity index (χ3v) is 4.21. The molecule has 0 aliphatic carbocycles. The summed E-state index contributed by atoms with van der Waals surface area (Å²) in [6.07, 6.45) is 3.64. The molecule has 1 amide bonds. The molecular formula is C16H19Cl2NO2. The maximum atomic E-state index is 12.5. The van der Waals surface area contributed by atoms with Gasteiger partial charge in [-0.3, -0.25) is 4.79 Å². The normalized spacial score (nSPS) is 16.0. The Labute approximate surface area is 135 Å². The minimum absolute atomic E-state index is 0.0482. The van der Waals surface area contributed by atoms with Gasteiger partial charge in [-0.15, -0.1) is 6.58 Å². The minimum atomic E-state index is -0.0482. The van der Waals surface area contributed by atoms with E-state index in [1.165, 1.54) is 0 Å². The molecule has 1 heterocycles. The van der Waals surface area contributed by atoms with Gasteiger partial charge in [-0.1, -0.05) is 29.3 Å². The number of rotatable bonds is 5. The Morgan fingerprint density at radius 2 is 2.10 bits per heavy atom. The fourth-order valence-electron chi connectivity index (χ4n) is 2.45. The van der Waals surface area contributed by atoms with E-state index in [1.54, 1.807) is 24.3 Å². The van der Waals surface area contributed by atoms with Gasteiger partial charge in [0.25, 0.3) is 5.91 Å². The second-order valence-corrected chi connectivity index (χ2v) is 6.03. The van der Waals surface area contributed by atoms with E-state index in [1.807, 2.05) is 4.90 Å². The van der Waals surface area contributed by atoms with Crippen molar-refractivity contribution >= 4 is 29.1 Å². The average Bonchev–Trinajstić information content (AvgIpc) is 2.50. The van der Waals surface area contributed by atoms with Gasteiger partial charge in [0.15, 0.2) is 0 Å². The lowest BCUT2D eigenvalue weighted by atomic mass is 9.97. The highest BCUT2D eigenvalue weighted by molar-refractivity contribution is 6.35. The molecule has 1 aliphatic rings. The molecule has 0 bridgehead atoms. The molecule has 3 nitrogen and oxygen atoms in total. The number of amides is 1. The standard InChI is InChI=1S/C16H19Cl2NO2/c1-2-9-21-11-12-5-7-19(8-6-12)16(20)14-10-13(17)3-4-15(14)18/h2-4,10,12H,1,5-9,11H2. The van der Waals surface area contributed by atoms with Gasteiger partial charge >= 0.3 is 0 Å². The zero-order valence-corrected chi connectivity index (χ0v) is 13.4. The van der Waals surface area contributed by atoms with E-state index in [0.29, 0.717) is 28.1 Å². The van der Waals surface area contributed by atoms with Crippen LogP contribution in [0.4, 0.5) is 0 Å². The molecule has 5 heteroatoms. The van der Waals surface area contributed by atoms with Crippen molar-refractivity contribution in [3.63, 3.8) is 0 Å². The first-order chi connectivity index (χ1) is 10.1. The molecule has 1 aromatic carbocycles. The predicted octanol–water partition coefficient (Wildman–Crippen LogP) is 4.05. The molecule has 2 rings (SSSR count). The van der Waals surface area contributed by atoms with E-state index in [4.69, 9.17) is 27.9 Å². The number of carbonyl (C=O) groups is 1. The van der Waals surface area contributed by atoms with Crippen LogP contribution >= 0.6 is 23.2 Å². The number of halogens is 2. The monoisotopic (exact) mass is 327 g/mol. The van der Waals surface area contributed by atoms with Gasteiger partial charge in [-0.25, -0.2) is 0 Å². The topological polar surface area (TPSA) is 29.5 Å². The number of carbonyl (C=O) groups excluding carboxylic acids is 1. The van der Waals surface area contributed by atoms with Crippen LogP contribution in [0.5, 0.6) is 0 Å². The van der Waals surface area contributed by atoms with Gasteiger partial charge in [0.1, 0.15) is 0 Å². The molecular weight excluding hydrogens is 309 g/mol. The molecule has 0 saturated carbocycles. The Kier molecular flexibility index (Phi) is 6.09. The van der Waals surface area contributed by atoms with Gasteiger partial charge in [-0.05, 0) is 37.0 Å². The maximum Gasteiger partial charge on any atom is 0.255 e. The summed E-state index contributed by atoms with van der Waals surface area (Å²) in [5.74, 6) is 0.455. The first-order valence-corrected chi connectivity index (χ1v) is 7.80. The zero-order chi connectivity index (χ0) is 15.2. The summed E-state index contributed by atoms with van der Waals surface area (Å²) >= 11 is 12.0. The molecule has 114 valence electrons. The minimum Gasteiger partial charge on any atom is -0.377 e. The van der Waals surface area contributed by atoms with Crippen LogP contribution in [0, 0.1) is 5.92 Å². The predicted molar refractivity (Wildman–Crippen MR) is 86.1 cm³/mol. The van der Waals surface area contributed by atoms with E-state index >= 15 is 0 Å². The number of nitrogens with zero attached hydrogens (tertiary/aromatic N) is 1. The van der Waals surface area contributed by atoms with Crippen LogP contribution < -0.4 is 0 Å². The number of piperidine rings is 1. The number of hydrogen-bond acceptors (Lipinski definition) is 2. The summed E-state index contributed by atoms with van der Waals surface area (Å²) < 4.78 is 5.48. The van der Waals surface area contributed by atoms with Crippen molar-refractivity contribution in [2.75, 3.05) is 26.3 Å². The lowest BCUT2D eigenvalue weighted by Crippen LogP contribution is -2.39. The van der Waals surface area contributed by atoms with Crippen LogP contribution in [-0.2, 0) is 4.74 Å². The lowest BCUT2D eigenvalue weighted by Gasteiger charge is -2.32. The van der Waals surface area contributed by atoms with Crippen molar-refractivity contribution in [1.29, 1.82) is 0 Å². The highest BCUT2D eigenvalue weighted by Crippen LogP contribution is 2.25. The van der Waals surface area contributed by atoms with Crippen molar-refractivity contribution in [3.05, 3.63) is 46.5 Å². The van der Waals surface area contributed by atoms with E-state index < -0.39 is 0 Å². The summed E-state index contributed by atoms with van der Waals surface area (Å²) in [7, 11) is 0. The molecule has 0 aromatic heterocycles. The van der Waals surface area contributed by atoms with Gasteiger partial charge < -0.3 is 9.64 Å². The van der Waals surface area contributed by atoms with Gasteiger partial charge in [0.2, 0.25) is 0 Å². The first kappa shape index (κ1) is 16.3. The fourth-order valence-corrected chi connectivity index (χ4v) is 2.82. The van der Waals surface area contributed by atoms with Crippen LogP contribution in [0.25, 0.3) is 0 Å². The Balaban J connectivity index is 1.91. The van der Waals surface area contributed by atoms with Crippen molar-refractivity contribution in [2.45, 2.75) is 12.8 Å². The second kappa shape index (κ2) is 7.83. The van der Waals surface area contributed by atoms with Crippen LogP contribution in [0.1, 0.15) is 23.2 Å². The SMILES string of the molecule is C=CCOCC1CCN(C(=O)c2cc(Cl)ccc2Cl)CC1. The highest BCUT2D eigenvalue weighted by atomic mass is 35.5. The summed E-state index contributed by atoms with van der Waals surface area (Å²) in [6, 6.07) is 4.97. The van der Waals surface area contributed by atoms with E-state index in [9.17, 15) is 4.79 Å². The van der Waals surface area contributed by atoms with Crippen LogP contribution in [-0.4, -0.2) is 37.1 Å². The van der Waals surface area contributed by atoms with Crippen molar-refractivity contribution in [1.82, 2.24) is 4.90 Å². The molecule has 0 radical (unpaired) electrons. The average molecular weight is 328 g/mol. The maximum absolute atomic E-state index is 12.5.